The molecule has 1 N–H and O–H groups in total. The number of benzene rings is 1. The highest BCUT2D eigenvalue weighted by Gasteiger charge is 2.12. The fourth-order valence-electron chi connectivity index (χ4n) is 1.99. The summed E-state index contributed by atoms with van der Waals surface area (Å²) in [5.41, 5.74) is 3.13. The standard InChI is InChI=1S/C14H17BrN2O/c1-3-17-9-11(8-16-17)6-14(18)13-7-12(15)5-4-10(13)2/h4-5,7-9,14,18H,3,6H2,1-2H3. The molecule has 0 saturated carbocycles. The molecule has 18 heavy (non-hydrogen) atoms. The molecule has 0 aliphatic rings. The molecule has 0 fully saturated rings. The van der Waals surface area contributed by atoms with E-state index in [1.54, 1.807) is 0 Å². The maximum atomic E-state index is 10.3. The molecule has 0 radical (unpaired) electrons. The van der Waals surface area contributed by atoms with Gasteiger partial charge >= 0.3 is 0 Å². The van der Waals surface area contributed by atoms with E-state index in [0.29, 0.717) is 6.42 Å². The number of hydrogen-bond acceptors (Lipinski definition) is 2. The molecule has 3 nitrogen and oxygen atoms in total. The fourth-order valence-corrected chi connectivity index (χ4v) is 2.37. The number of nitrogens with zero attached hydrogens (tertiary/aromatic N) is 2. The summed E-state index contributed by atoms with van der Waals surface area (Å²) in [5, 5.41) is 14.5. The smallest absolute Gasteiger partial charge is 0.0834 e. The summed E-state index contributed by atoms with van der Waals surface area (Å²) in [6.45, 7) is 4.91. The van der Waals surface area contributed by atoms with E-state index in [0.717, 1.165) is 27.7 Å². The van der Waals surface area contributed by atoms with Crippen molar-refractivity contribution in [2.45, 2.75) is 32.9 Å². The molecular weight excluding hydrogens is 292 g/mol. The molecule has 0 amide bonds. The van der Waals surface area contributed by atoms with Crippen LogP contribution in [-0.2, 0) is 13.0 Å². The summed E-state index contributed by atoms with van der Waals surface area (Å²) >= 11 is 3.44. The molecule has 1 unspecified atom stereocenters. The van der Waals surface area contributed by atoms with Gasteiger partial charge in [0.2, 0.25) is 0 Å². The van der Waals surface area contributed by atoms with Crippen molar-refractivity contribution >= 4 is 15.9 Å². The second-order valence-electron chi connectivity index (χ2n) is 4.43. The maximum absolute atomic E-state index is 10.3. The van der Waals surface area contributed by atoms with Crippen LogP contribution in [0.15, 0.2) is 35.1 Å². The van der Waals surface area contributed by atoms with Gasteiger partial charge in [0.15, 0.2) is 0 Å². The quantitative estimate of drug-likeness (QED) is 0.941. The highest BCUT2D eigenvalue weighted by atomic mass is 79.9. The first-order valence-corrected chi connectivity index (χ1v) is 6.85. The zero-order valence-corrected chi connectivity index (χ0v) is 12.2. The molecule has 96 valence electrons. The van der Waals surface area contributed by atoms with E-state index < -0.39 is 6.10 Å². The Kier molecular flexibility index (Phi) is 4.19. The Morgan fingerprint density at radius 1 is 1.44 bits per heavy atom. The van der Waals surface area contributed by atoms with Gasteiger partial charge < -0.3 is 5.11 Å². The van der Waals surface area contributed by atoms with Gasteiger partial charge in [-0.25, -0.2) is 0 Å². The molecule has 0 saturated heterocycles. The summed E-state index contributed by atoms with van der Waals surface area (Å²) in [5.74, 6) is 0. The lowest BCUT2D eigenvalue weighted by Crippen LogP contribution is -2.03. The van der Waals surface area contributed by atoms with Gasteiger partial charge in [-0.1, -0.05) is 22.0 Å². The fraction of sp³-hybridized carbons (Fsp3) is 0.357. The summed E-state index contributed by atoms with van der Waals surface area (Å²) < 4.78 is 2.86. The van der Waals surface area contributed by atoms with E-state index >= 15 is 0 Å². The van der Waals surface area contributed by atoms with E-state index in [9.17, 15) is 5.11 Å². The van der Waals surface area contributed by atoms with Gasteiger partial charge in [0.05, 0.1) is 12.3 Å². The topological polar surface area (TPSA) is 38.0 Å². The molecule has 1 heterocycles. The van der Waals surface area contributed by atoms with Gasteiger partial charge in [-0.15, -0.1) is 0 Å². The van der Waals surface area contributed by atoms with Gasteiger partial charge in [-0.05, 0) is 42.7 Å². The van der Waals surface area contributed by atoms with Crippen LogP contribution in [0.5, 0.6) is 0 Å². The Hall–Kier alpha value is -1.13. The first-order chi connectivity index (χ1) is 8.60. The lowest BCUT2D eigenvalue weighted by Gasteiger charge is -2.13. The van der Waals surface area contributed by atoms with Crippen molar-refractivity contribution in [3.05, 3.63) is 51.8 Å². The van der Waals surface area contributed by atoms with Gasteiger partial charge in [0, 0.05) is 23.6 Å². The van der Waals surface area contributed by atoms with Crippen molar-refractivity contribution in [2.75, 3.05) is 0 Å². The van der Waals surface area contributed by atoms with E-state index in [-0.39, 0.29) is 0 Å². The highest BCUT2D eigenvalue weighted by molar-refractivity contribution is 9.10. The summed E-state index contributed by atoms with van der Waals surface area (Å²) in [4.78, 5) is 0. The number of aromatic nitrogens is 2. The molecule has 0 bridgehead atoms. The van der Waals surface area contributed by atoms with E-state index in [4.69, 9.17) is 0 Å². The Morgan fingerprint density at radius 2 is 2.22 bits per heavy atom. The average molecular weight is 309 g/mol. The molecule has 0 spiro atoms. The molecule has 1 aromatic carbocycles. The summed E-state index contributed by atoms with van der Waals surface area (Å²) in [7, 11) is 0. The molecular formula is C14H17BrN2O. The molecule has 0 aliphatic carbocycles. The lowest BCUT2D eigenvalue weighted by atomic mass is 9.99. The van der Waals surface area contributed by atoms with Crippen LogP contribution in [0.1, 0.15) is 29.7 Å². The molecule has 1 atom stereocenters. The van der Waals surface area contributed by atoms with Gasteiger partial charge in [-0.3, -0.25) is 4.68 Å². The third-order valence-electron chi connectivity index (χ3n) is 3.04. The number of aliphatic hydroxyl groups is 1. The van der Waals surface area contributed by atoms with Crippen LogP contribution in [0.4, 0.5) is 0 Å². The number of aryl methyl sites for hydroxylation is 2. The number of halogens is 1. The third kappa shape index (κ3) is 3.00. The molecule has 2 aromatic rings. The zero-order chi connectivity index (χ0) is 13.1. The Bertz CT molecular complexity index is 536. The second-order valence-corrected chi connectivity index (χ2v) is 5.34. The van der Waals surface area contributed by atoms with Crippen LogP contribution in [0, 0.1) is 6.92 Å². The van der Waals surface area contributed by atoms with E-state index in [1.165, 1.54) is 0 Å². The number of hydrogen-bond donors (Lipinski definition) is 1. The second kappa shape index (κ2) is 5.67. The first-order valence-electron chi connectivity index (χ1n) is 6.05. The van der Waals surface area contributed by atoms with Crippen LogP contribution in [0.25, 0.3) is 0 Å². The van der Waals surface area contributed by atoms with E-state index in [2.05, 4.69) is 21.0 Å². The van der Waals surface area contributed by atoms with Gasteiger partial charge in [0.1, 0.15) is 0 Å². The number of rotatable bonds is 4. The molecule has 2 rings (SSSR count). The minimum Gasteiger partial charge on any atom is -0.388 e. The molecule has 0 aliphatic heterocycles. The Labute approximate surface area is 116 Å². The Morgan fingerprint density at radius 3 is 2.89 bits per heavy atom. The molecule has 1 aromatic heterocycles. The maximum Gasteiger partial charge on any atom is 0.0834 e. The predicted molar refractivity (Wildman–Crippen MR) is 75.4 cm³/mol. The lowest BCUT2D eigenvalue weighted by molar-refractivity contribution is 0.177. The first kappa shape index (κ1) is 13.3. The minimum atomic E-state index is -0.489. The highest BCUT2D eigenvalue weighted by Crippen LogP contribution is 2.24. The van der Waals surface area contributed by atoms with Gasteiger partial charge in [0.25, 0.3) is 0 Å². The monoisotopic (exact) mass is 308 g/mol. The summed E-state index contributed by atoms with van der Waals surface area (Å²) in [6.07, 6.45) is 3.91. The van der Waals surface area contributed by atoms with Crippen molar-refractivity contribution < 1.29 is 5.11 Å². The zero-order valence-electron chi connectivity index (χ0n) is 10.6. The van der Waals surface area contributed by atoms with Crippen LogP contribution in [-0.4, -0.2) is 14.9 Å². The largest absolute Gasteiger partial charge is 0.388 e. The van der Waals surface area contributed by atoms with Crippen LogP contribution >= 0.6 is 15.9 Å². The number of aliphatic hydroxyl groups excluding tert-OH is 1. The van der Waals surface area contributed by atoms with Crippen molar-refractivity contribution in [2.24, 2.45) is 0 Å². The molecule has 4 heteroatoms. The summed E-state index contributed by atoms with van der Waals surface area (Å²) in [6, 6.07) is 5.98. The minimum absolute atomic E-state index is 0.489. The normalized spacial score (nSPS) is 12.7. The van der Waals surface area contributed by atoms with Crippen molar-refractivity contribution in [1.82, 2.24) is 9.78 Å². The van der Waals surface area contributed by atoms with E-state index in [1.807, 2.05) is 49.1 Å². The third-order valence-corrected chi connectivity index (χ3v) is 3.53. The predicted octanol–water partition coefficient (Wildman–Crippen LogP) is 3.25. The average Bonchev–Trinajstić information content (AvgIpc) is 2.80. The van der Waals surface area contributed by atoms with Crippen LogP contribution in [0.3, 0.4) is 0 Å². The van der Waals surface area contributed by atoms with Crippen molar-refractivity contribution in [3.63, 3.8) is 0 Å². The SMILES string of the molecule is CCn1cc(CC(O)c2cc(Br)ccc2C)cn1. The Balaban J connectivity index is 2.16. The van der Waals surface area contributed by atoms with Crippen LogP contribution in [0.2, 0.25) is 0 Å². The van der Waals surface area contributed by atoms with Crippen molar-refractivity contribution in [1.29, 1.82) is 0 Å². The van der Waals surface area contributed by atoms with Crippen molar-refractivity contribution in [3.8, 4) is 0 Å². The van der Waals surface area contributed by atoms with Crippen LogP contribution < -0.4 is 0 Å². The van der Waals surface area contributed by atoms with Gasteiger partial charge in [-0.2, -0.15) is 5.10 Å².